The van der Waals surface area contributed by atoms with Gasteiger partial charge >= 0.3 is 0 Å². The fraction of sp³-hybridized carbons (Fsp3) is 0.727. The Morgan fingerprint density at radius 2 is 1.83 bits per heavy atom. The summed E-state index contributed by atoms with van der Waals surface area (Å²) < 4.78 is 14.1. The summed E-state index contributed by atoms with van der Waals surface area (Å²) in [5.74, 6) is 2.64. The maximum Gasteiger partial charge on any atom is 0.0966 e. The Bertz CT molecular complexity index is 665. The van der Waals surface area contributed by atoms with Gasteiger partial charge in [0.15, 0.2) is 0 Å². The van der Waals surface area contributed by atoms with E-state index in [-0.39, 0.29) is 16.7 Å². The highest BCUT2D eigenvalue weighted by molar-refractivity contribution is 5.40. The van der Waals surface area contributed by atoms with E-state index in [1.165, 1.54) is 17.6 Å². The Balaban J connectivity index is 1.77. The zero-order valence-corrected chi connectivity index (χ0v) is 15.6. The molecule has 2 saturated carbocycles. The predicted molar refractivity (Wildman–Crippen MR) is 96.2 cm³/mol. The van der Waals surface area contributed by atoms with E-state index in [1.807, 2.05) is 0 Å². The Morgan fingerprint density at radius 3 is 2.54 bits per heavy atom. The molecule has 2 fully saturated rings. The topological polar surface area (TPSA) is 20.2 Å². The minimum atomic E-state index is 0.0824. The lowest BCUT2D eigenvalue weighted by Gasteiger charge is -2.57. The summed E-state index contributed by atoms with van der Waals surface area (Å²) in [5, 5.41) is 10.0. The van der Waals surface area contributed by atoms with Crippen molar-refractivity contribution in [3.63, 3.8) is 0 Å². The molecule has 1 nitrogen and oxygen atoms in total. The fourth-order valence-electron chi connectivity index (χ4n) is 7.13. The molecular formula is C22H31FO. The average Bonchev–Trinajstić information content (AvgIpc) is 2.87. The highest BCUT2D eigenvalue weighted by Crippen LogP contribution is 2.67. The summed E-state index contributed by atoms with van der Waals surface area (Å²) in [6.07, 6.45) is 9.54. The van der Waals surface area contributed by atoms with Gasteiger partial charge in [-0.3, -0.25) is 0 Å². The van der Waals surface area contributed by atoms with Gasteiger partial charge in [-0.25, -0.2) is 4.39 Å². The average molecular weight is 330 g/mol. The number of fused-ring (bicyclic) bond motifs is 5. The van der Waals surface area contributed by atoms with Crippen LogP contribution in [0.5, 0.6) is 0 Å². The number of hydrogen-bond acceptors (Lipinski definition) is 1. The van der Waals surface area contributed by atoms with Crippen LogP contribution in [0.1, 0.15) is 72.6 Å². The molecule has 132 valence electrons. The number of hydrogen-bond donors (Lipinski definition) is 1. The van der Waals surface area contributed by atoms with Crippen LogP contribution < -0.4 is 0 Å². The molecule has 4 rings (SSSR count). The van der Waals surface area contributed by atoms with Gasteiger partial charge < -0.3 is 5.11 Å². The molecule has 0 spiro atoms. The lowest BCUT2D eigenvalue weighted by Crippen LogP contribution is -2.49. The number of aliphatic hydroxyl groups is 1. The van der Waals surface area contributed by atoms with E-state index in [9.17, 15) is 9.50 Å². The van der Waals surface area contributed by atoms with E-state index in [0.717, 1.165) is 44.1 Å². The number of halogens is 1. The SMILES string of the molecule is CC1=C2C=C(O)CCC2(C)C2CCC3(C)/C(=C(\C)F)CCC3C2C1. The van der Waals surface area contributed by atoms with Crippen molar-refractivity contribution in [3.8, 4) is 0 Å². The molecule has 0 heterocycles. The molecule has 0 aromatic carbocycles. The maximum atomic E-state index is 14.1. The largest absolute Gasteiger partial charge is 0.512 e. The van der Waals surface area contributed by atoms with Crippen molar-refractivity contribution in [2.45, 2.75) is 72.6 Å². The van der Waals surface area contributed by atoms with Crippen molar-refractivity contribution < 1.29 is 9.50 Å². The van der Waals surface area contributed by atoms with Crippen molar-refractivity contribution in [1.29, 1.82) is 0 Å². The van der Waals surface area contributed by atoms with Crippen LogP contribution in [0.25, 0.3) is 0 Å². The van der Waals surface area contributed by atoms with E-state index >= 15 is 0 Å². The fourth-order valence-corrected chi connectivity index (χ4v) is 7.13. The first-order valence-electron chi connectivity index (χ1n) is 9.73. The van der Waals surface area contributed by atoms with Gasteiger partial charge in [0.1, 0.15) is 0 Å². The van der Waals surface area contributed by atoms with Gasteiger partial charge in [-0.1, -0.05) is 19.4 Å². The van der Waals surface area contributed by atoms with Gasteiger partial charge in [-0.05, 0) is 98.2 Å². The molecule has 0 bridgehead atoms. The molecule has 24 heavy (non-hydrogen) atoms. The van der Waals surface area contributed by atoms with Crippen molar-refractivity contribution in [2.75, 3.05) is 0 Å². The molecule has 1 N–H and O–H groups in total. The molecule has 2 heteroatoms. The first-order valence-corrected chi connectivity index (χ1v) is 9.73. The van der Waals surface area contributed by atoms with Gasteiger partial charge in [-0.2, -0.15) is 0 Å². The molecule has 0 aromatic heterocycles. The van der Waals surface area contributed by atoms with Gasteiger partial charge in [0, 0.05) is 6.42 Å². The van der Waals surface area contributed by atoms with E-state index in [2.05, 4.69) is 26.8 Å². The first kappa shape index (κ1) is 16.4. The Labute approximate surface area is 145 Å². The molecule has 0 aliphatic heterocycles. The molecule has 0 aromatic rings. The summed E-state index contributed by atoms with van der Waals surface area (Å²) in [6, 6.07) is 0. The van der Waals surface area contributed by atoms with Gasteiger partial charge in [0.25, 0.3) is 0 Å². The second kappa shape index (κ2) is 5.22. The van der Waals surface area contributed by atoms with E-state index in [4.69, 9.17) is 0 Å². The number of aliphatic hydroxyl groups excluding tert-OH is 1. The van der Waals surface area contributed by atoms with Crippen LogP contribution in [0, 0.1) is 28.6 Å². The van der Waals surface area contributed by atoms with Crippen LogP contribution in [-0.4, -0.2) is 5.11 Å². The van der Waals surface area contributed by atoms with Crippen molar-refractivity contribution >= 4 is 0 Å². The van der Waals surface area contributed by atoms with Crippen LogP contribution in [0.2, 0.25) is 0 Å². The highest BCUT2D eigenvalue weighted by atomic mass is 19.1. The Hall–Kier alpha value is -1.05. The quantitative estimate of drug-likeness (QED) is 0.528. The summed E-state index contributed by atoms with van der Waals surface area (Å²) >= 11 is 0. The smallest absolute Gasteiger partial charge is 0.0966 e. The summed E-state index contributed by atoms with van der Waals surface area (Å²) in [7, 11) is 0. The van der Waals surface area contributed by atoms with Crippen LogP contribution in [0.15, 0.2) is 34.4 Å². The normalized spacial score (nSPS) is 46.9. The maximum absolute atomic E-state index is 14.1. The second-order valence-electron chi connectivity index (χ2n) is 9.33. The minimum Gasteiger partial charge on any atom is -0.512 e. The van der Waals surface area contributed by atoms with E-state index in [1.54, 1.807) is 6.92 Å². The molecule has 5 atom stereocenters. The Kier molecular flexibility index (Phi) is 3.57. The third-order valence-electron chi connectivity index (χ3n) is 8.28. The van der Waals surface area contributed by atoms with Crippen LogP contribution in [0.3, 0.4) is 0 Å². The molecule has 4 aliphatic carbocycles. The lowest BCUT2D eigenvalue weighted by molar-refractivity contribution is -0.0112. The first-order chi connectivity index (χ1) is 11.3. The second-order valence-corrected chi connectivity index (χ2v) is 9.33. The molecule has 5 unspecified atom stereocenters. The van der Waals surface area contributed by atoms with Crippen LogP contribution in [0.4, 0.5) is 4.39 Å². The Morgan fingerprint density at radius 1 is 1.12 bits per heavy atom. The summed E-state index contributed by atoms with van der Waals surface area (Å²) in [6.45, 7) is 8.69. The van der Waals surface area contributed by atoms with Crippen LogP contribution >= 0.6 is 0 Å². The highest BCUT2D eigenvalue weighted by Gasteiger charge is 2.57. The summed E-state index contributed by atoms with van der Waals surface area (Å²) in [5.41, 5.74) is 4.28. The monoisotopic (exact) mass is 330 g/mol. The molecule has 0 amide bonds. The standard InChI is InChI=1S/C22H31FO/c1-13-11-16-18-6-5-17(14(2)23)21(18,3)10-8-19(16)22(4)9-7-15(24)12-20(13)22/h12,16,18-19,24H,5-11H2,1-4H3/b17-14+. The van der Waals surface area contributed by atoms with Crippen molar-refractivity contribution in [1.82, 2.24) is 0 Å². The zero-order valence-electron chi connectivity index (χ0n) is 15.6. The van der Waals surface area contributed by atoms with E-state index in [0.29, 0.717) is 23.5 Å². The molecule has 0 radical (unpaired) electrons. The van der Waals surface area contributed by atoms with E-state index < -0.39 is 0 Å². The van der Waals surface area contributed by atoms with Gasteiger partial charge in [0.2, 0.25) is 0 Å². The predicted octanol–water partition coefficient (Wildman–Crippen LogP) is 6.63. The molecule has 4 aliphatic rings. The number of allylic oxidation sites excluding steroid dienone is 6. The molecule has 0 saturated heterocycles. The van der Waals surface area contributed by atoms with Gasteiger partial charge in [0.05, 0.1) is 11.6 Å². The molecular weight excluding hydrogens is 299 g/mol. The zero-order chi connectivity index (χ0) is 17.3. The number of rotatable bonds is 0. The van der Waals surface area contributed by atoms with Crippen molar-refractivity contribution in [2.24, 2.45) is 28.6 Å². The third kappa shape index (κ3) is 2.04. The minimum absolute atomic E-state index is 0.0824. The van der Waals surface area contributed by atoms with Gasteiger partial charge in [-0.15, -0.1) is 0 Å². The third-order valence-corrected chi connectivity index (χ3v) is 8.28. The summed E-state index contributed by atoms with van der Waals surface area (Å²) in [4.78, 5) is 0. The van der Waals surface area contributed by atoms with Crippen molar-refractivity contribution in [3.05, 3.63) is 34.4 Å². The van der Waals surface area contributed by atoms with Crippen LogP contribution in [-0.2, 0) is 0 Å². The lowest BCUT2D eigenvalue weighted by atomic mass is 9.47.